The Balaban J connectivity index is 1.50. The van der Waals surface area contributed by atoms with Gasteiger partial charge >= 0.3 is 0 Å². The number of nitrogens with zero attached hydrogens (tertiary/aromatic N) is 9. The highest BCUT2D eigenvalue weighted by molar-refractivity contribution is 5.88. The molecule has 0 radical (unpaired) electrons. The normalized spacial score (nSPS) is 19.7. The zero-order chi connectivity index (χ0) is 25.6. The van der Waals surface area contributed by atoms with Crippen LogP contribution < -0.4 is 10.5 Å². The van der Waals surface area contributed by atoms with Crippen LogP contribution >= 0.6 is 0 Å². The van der Waals surface area contributed by atoms with Crippen LogP contribution in [0.25, 0.3) is 16.7 Å². The van der Waals surface area contributed by atoms with Gasteiger partial charge in [-0.25, -0.2) is 9.50 Å². The van der Waals surface area contributed by atoms with Crippen molar-refractivity contribution >= 4 is 22.4 Å². The molecule has 5 heterocycles. The molecule has 10 heteroatoms. The van der Waals surface area contributed by atoms with E-state index in [2.05, 4.69) is 47.7 Å². The van der Waals surface area contributed by atoms with Crippen molar-refractivity contribution in [2.75, 3.05) is 18.0 Å². The Morgan fingerprint density at radius 1 is 1.14 bits per heavy atom. The molecular formula is C26H33N9O. The number of imidazole rings is 1. The lowest BCUT2D eigenvalue weighted by Gasteiger charge is -2.49. The SMILES string of the molecule is CC[C@H]1CN(C(C)c2ccc3nc(C)cn3n2)[C@H](CC)CN1c1cc(=O)n(C)c2cn(CC#N)nc12. The summed E-state index contributed by atoms with van der Waals surface area (Å²) < 4.78 is 5.09. The first-order valence-corrected chi connectivity index (χ1v) is 12.6. The third-order valence-corrected chi connectivity index (χ3v) is 7.55. The minimum Gasteiger partial charge on any atom is -0.364 e. The van der Waals surface area contributed by atoms with E-state index >= 15 is 0 Å². The van der Waals surface area contributed by atoms with E-state index in [9.17, 15) is 4.79 Å². The fourth-order valence-electron chi connectivity index (χ4n) is 5.47. The number of aryl methyl sites for hydroxylation is 2. The maximum absolute atomic E-state index is 12.9. The number of anilines is 1. The van der Waals surface area contributed by atoms with E-state index in [1.54, 1.807) is 28.6 Å². The smallest absolute Gasteiger partial charge is 0.252 e. The first-order chi connectivity index (χ1) is 17.3. The van der Waals surface area contributed by atoms with Crippen LogP contribution in [0.5, 0.6) is 0 Å². The van der Waals surface area contributed by atoms with Gasteiger partial charge in [0.2, 0.25) is 0 Å². The second kappa shape index (κ2) is 9.39. The molecule has 10 nitrogen and oxygen atoms in total. The van der Waals surface area contributed by atoms with Crippen LogP contribution in [-0.2, 0) is 13.6 Å². The van der Waals surface area contributed by atoms with Gasteiger partial charge in [0.05, 0.1) is 47.1 Å². The lowest BCUT2D eigenvalue weighted by atomic mass is 9.98. The second-order valence-electron chi connectivity index (χ2n) is 9.74. The van der Waals surface area contributed by atoms with E-state index in [1.807, 2.05) is 23.7 Å². The third kappa shape index (κ3) is 4.03. The fraction of sp³-hybridized carbons (Fsp3) is 0.500. The molecule has 5 rings (SSSR count). The lowest BCUT2D eigenvalue weighted by molar-refractivity contribution is 0.0986. The number of pyridine rings is 1. The number of hydrogen-bond donors (Lipinski definition) is 0. The summed E-state index contributed by atoms with van der Waals surface area (Å²) in [7, 11) is 1.75. The Morgan fingerprint density at radius 3 is 2.64 bits per heavy atom. The first kappa shape index (κ1) is 24.0. The van der Waals surface area contributed by atoms with Crippen LogP contribution in [-0.4, -0.2) is 59.0 Å². The molecule has 188 valence electrons. The van der Waals surface area contributed by atoms with Crippen LogP contribution in [0.2, 0.25) is 0 Å². The van der Waals surface area contributed by atoms with E-state index in [4.69, 9.17) is 15.5 Å². The Hall–Kier alpha value is -3.71. The van der Waals surface area contributed by atoms with Gasteiger partial charge in [-0.15, -0.1) is 0 Å². The zero-order valence-corrected chi connectivity index (χ0v) is 21.6. The molecule has 36 heavy (non-hydrogen) atoms. The summed E-state index contributed by atoms with van der Waals surface area (Å²) in [5.74, 6) is 0. The number of nitriles is 1. The zero-order valence-electron chi connectivity index (χ0n) is 21.6. The molecule has 1 unspecified atom stereocenters. The summed E-state index contributed by atoms with van der Waals surface area (Å²) in [4.78, 5) is 22.3. The molecule has 1 aliphatic rings. The summed E-state index contributed by atoms with van der Waals surface area (Å²) in [6, 6.07) is 8.60. The minimum atomic E-state index is -0.0687. The molecule has 0 aliphatic carbocycles. The quantitative estimate of drug-likeness (QED) is 0.412. The van der Waals surface area contributed by atoms with E-state index in [0.29, 0.717) is 0 Å². The second-order valence-corrected chi connectivity index (χ2v) is 9.74. The van der Waals surface area contributed by atoms with Crippen molar-refractivity contribution in [2.24, 2.45) is 7.05 Å². The number of aromatic nitrogens is 6. The Labute approximate surface area is 210 Å². The average molecular weight is 488 g/mol. The molecule has 0 spiro atoms. The topological polar surface area (TPSA) is 100 Å². The van der Waals surface area contributed by atoms with Gasteiger partial charge < -0.3 is 9.47 Å². The van der Waals surface area contributed by atoms with Gasteiger partial charge in [-0.2, -0.15) is 15.5 Å². The molecule has 4 aromatic rings. The van der Waals surface area contributed by atoms with Crippen molar-refractivity contribution in [3.8, 4) is 6.07 Å². The van der Waals surface area contributed by atoms with Crippen LogP contribution in [0.15, 0.2) is 35.4 Å². The van der Waals surface area contributed by atoms with Gasteiger partial charge in [0.25, 0.3) is 5.56 Å². The predicted octanol–water partition coefficient (Wildman–Crippen LogP) is 3.05. The Kier molecular flexibility index (Phi) is 6.26. The molecule has 3 atom stereocenters. The largest absolute Gasteiger partial charge is 0.364 e. The van der Waals surface area contributed by atoms with Crippen molar-refractivity contribution in [3.63, 3.8) is 0 Å². The maximum Gasteiger partial charge on any atom is 0.252 e. The van der Waals surface area contributed by atoms with Crippen molar-refractivity contribution in [1.82, 2.24) is 33.8 Å². The number of fused-ring (bicyclic) bond motifs is 2. The number of hydrogen-bond acceptors (Lipinski definition) is 7. The van der Waals surface area contributed by atoms with Crippen LogP contribution in [0, 0.1) is 18.3 Å². The lowest BCUT2D eigenvalue weighted by Crippen LogP contribution is -2.59. The molecule has 1 saturated heterocycles. The van der Waals surface area contributed by atoms with Crippen LogP contribution in [0.4, 0.5) is 5.69 Å². The van der Waals surface area contributed by atoms with E-state index in [0.717, 1.165) is 59.7 Å². The molecule has 1 aliphatic heterocycles. The highest BCUT2D eigenvalue weighted by Gasteiger charge is 2.36. The van der Waals surface area contributed by atoms with Gasteiger partial charge in [-0.1, -0.05) is 13.8 Å². The first-order valence-electron chi connectivity index (χ1n) is 12.6. The van der Waals surface area contributed by atoms with Gasteiger partial charge in [0.1, 0.15) is 12.1 Å². The third-order valence-electron chi connectivity index (χ3n) is 7.55. The molecule has 0 aromatic carbocycles. The molecule has 0 N–H and O–H groups in total. The van der Waals surface area contributed by atoms with Crippen molar-refractivity contribution in [1.29, 1.82) is 5.26 Å². The molecule has 0 amide bonds. The summed E-state index contributed by atoms with van der Waals surface area (Å²) >= 11 is 0. The van der Waals surface area contributed by atoms with Crippen LogP contribution in [0.1, 0.15) is 51.0 Å². The Morgan fingerprint density at radius 2 is 1.92 bits per heavy atom. The Bertz CT molecular complexity index is 1510. The summed E-state index contributed by atoms with van der Waals surface area (Å²) in [5.41, 5.74) is 5.14. The molecule has 4 aromatic heterocycles. The molecular weight excluding hydrogens is 454 g/mol. The van der Waals surface area contributed by atoms with Crippen molar-refractivity contribution < 1.29 is 0 Å². The molecule has 0 bridgehead atoms. The van der Waals surface area contributed by atoms with Gasteiger partial charge in [0.15, 0.2) is 5.65 Å². The summed E-state index contributed by atoms with van der Waals surface area (Å²) in [6.45, 7) is 10.4. The number of piperazine rings is 1. The highest BCUT2D eigenvalue weighted by atomic mass is 16.1. The van der Waals surface area contributed by atoms with Crippen molar-refractivity contribution in [3.05, 3.63) is 52.3 Å². The van der Waals surface area contributed by atoms with E-state index in [-0.39, 0.29) is 30.2 Å². The van der Waals surface area contributed by atoms with Gasteiger partial charge in [-0.05, 0) is 38.8 Å². The highest BCUT2D eigenvalue weighted by Crippen LogP contribution is 2.34. The van der Waals surface area contributed by atoms with E-state index < -0.39 is 0 Å². The predicted molar refractivity (Wildman–Crippen MR) is 139 cm³/mol. The summed E-state index contributed by atoms with van der Waals surface area (Å²) in [5, 5.41) is 18.7. The monoisotopic (exact) mass is 487 g/mol. The van der Waals surface area contributed by atoms with Crippen molar-refractivity contribution in [2.45, 2.75) is 65.2 Å². The van der Waals surface area contributed by atoms with Gasteiger partial charge in [0, 0.05) is 38.3 Å². The summed E-state index contributed by atoms with van der Waals surface area (Å²) in [6.07, 6.45) is 5.66. The number of rotatable bonds is 6. The maximum atomic E-state index is 12.9. The minimum absolute atomic E-state index is 0.0687. The van der Waals surface area contributed by atoms with Gasteiger partial charge in [-0.3, -0.25) is 14.4 Å². The molecule has 1 fully saturated rings. The average Bonchev–Trinajstić information content (AvgIpc) is 3.47. The van der Waals surface area contributed by atoms with Crippen LogP contribution in [0.3, 0.4) is 0 Å². The van der Waals surface area contributed by atoms with E-state index in [1.165, 1.54) is 0 Å². The fourth-order valence-corrected chi connectivity index (χ4v) is 5.47. The molecule has 0 saturated carbocycles. The standard InChI is InChI=1S/C26H33N9O/c1-6-19-15-34(22-12-25(36)31(5)23-16-32(11-10-27)30-26(22)23)20(7-2)14-33(19)18(4)21-8-9-24-28-17(3)13-35(24)29-21/h8-9,12-13,16,18-20H,6-7,11,14-15H2,1-5H3/t18?,19-,20+/m1/s1.